The zero-order valence-corrected chi connectivity index (χ0v) is 18.7. The maximum atomic E-state index is 13.1. The Morgan fingerprint density at radius 2 is 1.75 bits per heavy atom. The summed E-state index contributed by atoms with van der Waals surface area (Å²) in [4.78, 5) is 31.5. The lowest BCUT2D eigenvalue weighted by molar-refractivity contribution is -0.137. The normalized spacial score (nSPS) is 20.2. The van der Waals surface area contributed by atoms with Gasteiger partial charge < -0.3 is 15.1 Å². The first-order chi connectivity index (χ1) is 15.3. The van der Waals surface area contributed by atoms with E-state index in [1.807, 2.05) is 0 Å². The number of rotatable bonds is 7. The molecule has 2 aliphatic heterocycles. The third-order valence-electron chi connectivity index (χ3n) is 6.41. The largest absolute Gasteiger partial charge is 0.416 e. The van der Waals surface area contributed by atoms with Crippen LogP contribution in [0.5, 0.6) is 0 Å². The van der Waals surface area contributed by atoms with Gasteiger partial charge in [0.25, 0.3) is 5.91 Å². The molecule has 1 aromatic carbocycles. The molecule has 2 amide bonds. The first kappa shape index (κ1) is 24.5. The number of halogens is 3. The summed E-state index contributed by atoms with van der Waals surface area (Å²) in [6.45, 7) is 7.35. The summed E-state index contributed by atoms with van der Waals surface area (Å²) >= 11 is 0. The zero-order valence-electron chi connectivity index (χ0n) is 18.7. The van der Waals surface area contributed by atoms with Gasteiger partial charge in [-0.2, -0.15) is 13.2 Å². The molecule has 32 heavy (non-hydrogen) atoms. The standard InChI is InChI=1S/C23H33F3N4O2/c1-18-4-2-3-12-28(18)16-17-30(13-9-21(31)29-14-10-27-11-15-29)22(32)19-5-7-20(8-6-19)23(24,25)26/h5-8,18,27H,2-4,9-17H2,1H3. The zero-order chi connectivity index (χ0) is 23.1. The monoisotopic (exact) mass is 454 g/mol. The van der Waals surface area contributed by atoms with E-state index in [-0.39, 0.29) is 30.3 Å². The van der Waals surface area contributed by atoms with E-state index in [0.29, 0.717) is 32.2 Å². The Kier molecular flexibility index (Phi) is 8.53. The van der Waals surface area contributed by atoms with Gasteiger partial charge >= 0.3 is 6.18 Å². The molecule has 0 radical (unpaired) electrons. The predicted molar refractivity (Wildman–Crippen MR) is 116 cm³/mol. The Hall–Kier alpha value is -2.13. The van der Waals surface area contributed by atoms with Crippen LogP contribution in [0, 0.1) is 0 Å². The van der Waals surface area contributed by atoms with Crippen LogP contribution in [-0.4, -0.2) is 84.9 Å². The number of alkyl halides is 3. The van der Waals surface area contributed by atoms with Crippen LogP contribution in [0.15, 0.2) is 24.3 Å². The molecule has 0 spiro atoms. The van der Waals surface area contributed by atoms with Gasteiger partial charge in [0, 0.05) is 63.8 Å². The molecule has 1 N–H and O–H groups in total. The molecule has 0 aromatic heterocycles. The molecule has 6 nitrogen and oxygen atoms in total. The summed E-state index contributed by atoms with van der Waals surface area (Å²) in [6.07, 6.45) is -0.790. The van der Waals surface area contributed by atoms with Crippen LogP contribution in [-0.2, 0) is 11.0 Å². The molecule has 178 valence electrons. The highest BCUT2D eigenvalue weighted by atomic mass is 19.4. The van der Waals surface area contributed by atoms with Crippen molar-refractivity contribution in [1.29, 1.82) is 0 Å². The molecule has 1 atom stereocenters. The number of benzene rings is 1. The second kappa shape index (κ2) is 11.1. The number of likely N-dealkylation sites (tertiary alicyclic amines) is 1. The van der Waals surface area contributed by atoms with Crippen LogP contribution in [0.3, 0.4) is 0 Å². The number of piperidine rings is 1. The fraction of sp³-hybridized carbons (Fsp3) is 0.652. The number of hydrogen-bond donors (Lipinski definition) is 1. The number of amides is 2. The summed E-state index contributed by atoms with van der Waals surface area (Å²) in [5.41, 5.74) is -0.573. The van der Waals surface area contributed by atoms with Crippen LogP contribution in [0.4, 0.5) is 13.2 Å². The van der Waals surface area contributed by atoms with Crippen molar-refractivity contribution in [1.82, 2.24) is 20.0 Å². The summed E-state index contributed by atoms with van der Waals surface area (Å²) in [5, 5.41) is 3.21. The Bertz CT molecular complexity index is 764. The Labute approximate surface area is 187 Å². The third-order valence-corrected chi connectivity index (χ3v) is 6.41. The molecule has 9 heteroatoms. The maximum Gasteiger partial charge on any atom is 0.416 e. The first-order valence-corrected chi connectivity index (χ1v) is 11.4. The number of carbonyl (C=O) groups is 2. The van der Waals surface area contributed by atoms with Crippen molar-refractivity contribution < 1.29 is 22.8 Å². The highest BCUT2D eigenvalue weighted by molar-refractivity contribution is 5.94. The van der Waals surface area contributed by atoms with Crippen molar-refractivity contribution in [3.63, 3.8) is 0 Å². The maximum absolute atomic E-state index is 13.1. The average Bonchev–Trinajstić information content (AvgIpc) is 2.79. The molecule has 1 unspecified atom stereocenters. The van der Waals surface area contributed by atoms with Gasteiger partial charge in [-0.25, -0.2) is 0 Å². The van der Waals surface area contributed by atoms with E-state index < -0.39 is 11.7 Å². The number of carbonyl (C=O) groups excluding carboxylic acids is 2. The van der Waals surface area contributed by atoms with E-state index in [9.17, 15) is 22.8 Å². The number of nitrogens with one attached hydrogen (secondary N) is 1. The first-order valence-electron chi connectivity index (χ1n) is 11.4. The molecule has 1 aromatic rings. The molecule has 2 aliphatic rings. The summed E-state index contributed by atoms with van der Waals surface area (Å²) < 4.78 is 38.6. The molecule has 2 heterocycles. The molecule has 0 saturated carbocycles. The van der Waals surface area contributed by atoms with Crippen LogP contribution in [0.2, 0.25) is 0 Å². The fourth-order valence-electron chi connectivity index (χ4n) is 4.34. The quantitative estimate of drug-likeness (QED) is 0.689. The van der Waals surface area contributed by atoms with Gasteiger partial charge in [-0.1, -0.05) is 6.42 Å². The number of piperazine rings is 1. The van der Waals surface area contributed by atoms with E-state index in [0.717, 1.165) is 44.6 Å². The Morgan fingerprint density at radius 1 is 1.06 bits per heavy atom. The lowest BCUT2D eigenvalue weighted by atomic mass is 10.0. The minimum atomic E-state index is -4.44. The van der Waals surface area contributed by atoms with Crippen molar-refractivity contribution in [2.45, 2.75) is 44.8 Å². The number of nitrogens with zero attached hydrogens (tertiary/aromatic N) is 3. The van der Waals surface area contributed by atoms with Gasteiger partial charge in [0.15, 0.2) is 0 Å². The van der Waals surface area contributed by atoms with E-state index in [1.54, 1.807) is 9.80 Å². The van der Waals surface area contributed by atoms with Gasteiger partial charge in [-0.3, -0.25) is 14.5 Å². The lowest BCUT2D eigenvalue weighted by Crippen LogP contribution is -2.48. The molecular weight excluding hydrogens is 421 g/mol. The summed E-state index contributed by atoms with van der Waals surface area (Å²) in [7, 11) is 0. The highest BCUT2D eigenvalue weighted by Gasteiger charge is 2.30. The molecule has 3 rings (SSSR count). The van der Waals surface area contributed by atoms with Crippen molar-refractivity contribution in [3.8, 4) is 0 Å². The minimum Gasteiger partial charge on any atom is -0.340 e. The second-order valence-electron chi connectivity index (χ2n) is 8.63. The minimum absolute atomic E-state index is 0.00283. The molecular formula is C23H33F3N4O2. The van der Waals surface area contributed by atoms with Crippen LogP contribution in [0.25, 0.3) is 0 Å². The molecule has 0 bridgehead atoms. The number of hydrogen-bond acceptors (Lipinski definition) is 4. The smallest absolute Gasteiger partial charge is 0.340 e. The van der Waals surface area contributed by atoms with E-state index in [2.05, 4.69) is 17.1 Å². The molecule has 2 fully saturated rings. The van der Waals surface area contributed by atoms with Gasteiger partial charge in [-0.05, 0) is 50.6 Å². The SMILES string of the molecule is CC1CCCCN1CCN(CCC(=O)N1CCNCC1)C(=O)c1ccc(C(F)(F)F)cc1. The van der Waals surface area contributed by atoms with Gasteiger partial charge in [0.1, 0.15) is 0 Å². The summed E-state index contributed by atoms with van der Waals surface area (Å²) in [5.74, 6) is -0.334. The van der Waals surface area contributed by atoms with Gasteiger partial charge in [0.05, 0.1) is 5.56 Å². The van der Waals surface area contributed by atoms with Crippen LogP contribution in [0.1, 0.15) is 48.5 Å². The van der Waals surface area contributed by atoms with Crippen molar-refractivity contribution in [2.24, 2.45) is 0 Å². The highest BCUT2D eigenvalue weighted by Crippen LogP contribution is 2.29. The Morgan fingerprint density at radius 3 is 2.38 bits per heavy atom. The summed E-state index contributed by atoms with van der Waals surface area (Å²) in [6, 6.07) is 4.75. The topological polar surface area (TPSA) is 55.9 Å². The van der Waals surface area contributed by atoms with Crippen molar-refractivity contribution >= 4 is 11.8 Å². The Balaban J connectivity index is 1.66. The van der Waals surface area contributed by atoms with Gasteiger partial charge in [-0.15, -0.1) is 0 Å². The molecule has 0 aliphatic carbocycles. The van der Waals surface area contributed by atoms with Crippen LogP contribution < -0.4 is 5.32 Å². The van der Waals surface area contributed by atoms with Crippen molar-refractivity contribution in [2.75, 3.05) is 52.4 Å². The third kappa shape index (κ3) is 6.68. The van der Waals surface area contributed by atoms with E-state index in [1.165, 1.54) is 18.6 Å². The second-order valence-corrected chi connectivity index (χ2v) is 8.63. The van der Waals surface area contributed by atoms with E-state index in [4.69, 9.17) is 0 Å². The van der Waals surface area contributed by atoms with E-state index >= 15 is 0 Å². The van der Waals surface area contributed by atoms with Crippen LogP contribution >= 0.6 is 0 Å². The fourth-order valence-corrected chi connectivity index (χ4v) is 4.34. The van der Waals surface area contributed by atoms with Gasteiger partial charge in [0.2, 0.25) is 5.91 Å². The lowest BCUT2D eigenvalue weighted by Gasteiger charge is -2.35. The predicted octanol–water partition coefficient (Wildman–Crippen LogP) is 2.84. The van der Waals surface area contributed by atoms with Crippen molar-refractivity contribution in [3.05, 3.63) is 35.4 Å². The molecule has 2 saturated heterocycles. The average molecular weight is 455 g/mol.